The number of aromatic hydroxyl groups is 1. The van der Waals surface area contributed by atoms with Crippen molar-refractivity contribution in [2.45, 2.75) is 25.3 Å². The Morgan fingerprint density at radius 3 is 2.82 bits per heavy atom. The third-order valence-corrected chi connectivity index (χ3v) is 3.12. The number of aliphatic imine (C=N–C) groups is 1. The average molecular weight is 306 g/mol. The maximum Gasteiger partial charge on any atom is 0.328 e. The van der Waals surface area contributed by atoms with E-state index in [0.717, 1.165) is 5.56 Å². The van der Waals surface area contributed by atoms with E-state index in [2.05, 4.69) is 11.6 Å². The van der Waals surface area contributed by atoms with Gasteiger partial charge in [-0.15, -0.1) is 6.58 Å². The van der Waals surface area contributed by atoms with Crippen LogP contribution in [-0.4, -0.2) is 42.1 Å². The number of hydrogen-bond acceptors (Lipinski definition) is 5. The minimum Gasteiger partial charge on any atom is -0.504 e. The fourth-order valence-electron chi connectivity index (χ4n) is 1.97. The molecule has 1 rings (SSSR count). The molecule has 6 heteroatoms. The highest BCUT2D eigenvalue weighted by Crippen LogP contribution is 2.30. The number of nitrogens with zero attached hydrogens (tertiary/aromatic N) is 1. The maximum absolute atomic E-state index is 11.1. The van der Waals surface area contributed by atoms with Crippen LogP contribution in [0.1, 0.15) is 24.0 Å². The number of carboxylic acid groups (broad SMARTS) is 1. The van der Waals surface area contributed by atoms with Gasteiger partial charge in [0.1, 0.15) is 6.04 Å². The van der Waals surface area contributed by atoms with Gasteiger partial charge in [0.25, 0.3) is 0 Å². The van der Waals surface area contributed by atoms with E-state index in [4.69, 9.17) is 15.6 Å². The molecule has 1 atom stereocenters. The van der Waals surface area contributed by atoms with E-state index < -0.39 is 12.0 Å². The normalized spacial score (nSPS) is 12.3. The molecule has 0 heterocycles. The molecule has 0 spiro atoms. The first-order valence-corrected chi connectivity index (χ1v) is 7.00. The average Bonchev–Trinajstić information content (AvgIpc) is 2.49. The number of ether oxygens (including phenoxy) is 1. The maximum atomic E-state index is 11.1. The van der Waals surface area contributed by atoms with Crippen LogP contribution < -0.4 is 10.5 Å². The van der Waals surface area contributed by atoms with Gasteiger partial charge in [0.05, 0.1) is 7.11 Å². The molecule has 0 aliphatic heterocycles. The van der Waals surface area contributed by atoms with E-state index in [1.165, 1.54) is 13.3 Å². The molecule has 1 aromatic rings. The van der Waals surface area contributed by atoms with Crippen LogP contribution in [0.25, 0.3) is 0 Å². The number of aliphatic carboxylic acids is 1. The van der Waals surface area contributed by atoms with Gasteiger partial charge in [0.15, 0.2) is 11.5 Å². The molecule has 0 saturated heterocycles. The van der Waals surface area contributed by atoms with Crippen molar-refractivity contribution in [1.82, 2.24) is 0 Å². The number of rotatable bonds is 9. The van der Waals surface area contributed by atoms with Crippen molar-refractivity contribution in [1.29, 1.82) is 0 Å². The lowest BCUT2D eigenvalue weighted by Gasteiger charge is -2.10. The number of carboxylic acids is 1. The molecule has 0 fully saturated rings. The second-order valence-corrected chi connectivity index (χ2v) is 4.79. The molecule has 0 aromatic heterocycles. The van der Waals surface area contributed by atoms with Crippen molar-refractivity contribution in [2.24, 2.45) is 10.7 Å². The number of phenols is 1. The van der Waals surface area contributed by atoms with E-state index >= 15 is 0 Å². The van der Waals surface area contributed by atoms with Gasteiger partial charge < -0.3 is 20.7 Å². The molecular formula is C16H22N2O4. The van der Waals surface area contributed by atoms with Crippen molar-refractivity contribution in [3.8, 4) is 11.5 Å². The minimum absolute atomic E-state index is 0.0676. The van der Waals surface area contributed by atoms with Gasteiger partial charge in [-0.3, -0.25) is 4.99 Å². The summed E-state index contributed by atoms with van der Waals surface area (Å²) in [5, 5.41) is 19.2. The molecular weight excluding hydrogens is 284 g/mol. The lowest BCUT2D eigenvalue weighted by Crippen LogP contribution is -2.19. The number of hydrogen-bond donors (Lipinski definition) is 3. The van der Waals surface area contributed by atoms with Gasteiger partial charge in [0, 0.05) is 11.8 Å². The van der Waals surface area contributed by atoms with Gasteiger partial charge in [-0.2, -0.15) is 0 Å². The molecule has 0 bridgehead atoms. The smallest absolute Gasteiger partial charge is 0.328 e. The van der Waals surface area contributed by atoms with Gasteiger partial charge in [0.2, 0.25) is 0 Å². The Morgan fingerprint density at radius 1 is 1.55 bits per heavy atom. The summed E-state index contributed by atoms with van der Waals surface area (Å²) in [7, 11) is 1.45. The lowest BCUT2D eigenvalue weighted by atomic mass is 10.1. The Hall–Kier alpha value is -2.34. The molecule has 0 saturated carbocycles. The second kappa shape index (κ2) is 8.84. The molecule has 1 unspecified atom stereocenters. The summed E-state index contributed by atoms with van der Waals surface area (Å²) in [6.07, 6.45) is 4.62. The van der Waals surface area contributed by atoms with E-state index in [0.29, 0.717) is 37.1 Å². The molecule has 6 nitrogen and oxygen atoms in total. The fourth-order valence-corrected chi connectivity index (χ4v) is 1.97. The van der Waals surface area contributed by atoms with Crippen molar-refractivity contribution >= 4 is 12.2 Å². The zero-order valence-electron chi connectivity index (χ0n) is 12.7. The Labute approximate surface area is 129 Å². The highest BCUT2D eigenvalue weighted by atomic mass is 16.5. The topological polar surface area (TPSA) is 105 Å². The van der Waals surface area contributed by atoms with Crippen molar-refractivity contribution in [3.63, 3.8) is 0 Å². The van der Waals surface area contributed by atoms with E-state index in [-0.39, 0.29) is 5.75 Å². The largest absolute Gasteiger partial charge is 0.504 e. The molecule has 120 valence electrons. The number of nitrogens with two attached hydrogens (primary N) is 1. The summed E-state index contributed by atoms with van der Waals surface area (Å²) in [6.45, 7) is 4.08. The Balaban J connectivity index is 3.07. The Bertz CT molecular complexity index is 555. The highest BCUT2D eigenvalue weighted by molar-refractivity contribution is 5.87. The molecule has 0 amide bonds. The number of carbonyl (C=O) groups is 1. The van der Waals surface area contributed by atoms with Crippen LogP contribution in [0, 0.1) is 0 Å². The van der Waals surface area contributed by atoms with Crippen LogP contribution in [0.3, 0.4) is 0 Å². The standard InChI is InChI=1S/C16H22N2O4/c1-3-5-11-8-12(15(19)14(9-11)22-2)10-18-13(16(20)21)6-4-7-17/h3,8-10,13,19H,1,4-7,17H2,2H3,(H,20,21). The zero-order valence-corrected chi connectivity index (χ0v) is 12.7. The van der Waals surface area contributed by atoms with Gasteiger partial charge in [-0.05, 0) is 43.5 Å². The molecule has 0 radical (unpaired) electrons. The fraction of sp³-hybridized carbons (Fsp3) is 0.375. The van der Waals surface area contributed by atoms with Crippen molar-refractivity contribution < 1.29 is 19.7 Å². The monoisotopic (exact) mass is 306 g/mol. The second-order valence-electron chi connectivity index (χ2n) is 4.79. The molecule has 1 aromatic carbocycles. The first-order chi connectivity index (χ1) is 10.5. The molecule has 4 N–H and O–H groups in total. The number of phenolic OH excluding ortho intramolecular Hbond substituents is 1. The SMILES string of the molecule is C=CCc1cc(C=NC(CCCN)C(=O)O)c(O)c(OC)c1. The summed E-state index contributed by atoms with van der Waals surface area (Å²) in [5.41, 5.74) is 6.69. The summed E-state index contributed by atoms with van der Waals surface area (Å²) in [6, 6.07) is 2.56. The van der Waals surface area contributed by atoms with Crippen LogP contribution in [0.4, 0.5) is 0 Å². The van der Waals surface area contributed by atoms with Crippen LogP contribution in [0.5, 0.6) is 11.5 Å². The summed E-state index contributed by atoms with van der Waals surface area (Å²) >= 11 is 0. The Kier molecular flexibility index (Phi) is 7.12. The van der Waals surface area contributed by atoms with Gasteiger partial charge in [-0.1, -0.05) is 6.08 Å². The number of methoxy groups -OCH3 is 1. The quantitative estimate of drug-likeness (QED) is 0.476. The predicted molar refractivity (Wildman–Crippen MR) is 85.9 cm³/mol. The minimum atomic E-state index is -1.02. The van der Waals surface area contributed by atoms with Crippen molar-refractivity contribution in [2.75, 3.05) is 13.7 Å². The predicted octanol–water partition coefficient (Wildman–Crippen LogP) is 1.74. The lowest BCUT2D eigenvalue weighted by molar-refractivity contribution is -0.138. The van der Waals surface area contributed by atoms with E-state index in [9.17, 15) is 9.90 Å². The van der Waals surface area contributed by atoms with E-state index in [1.807, 2.05) is 0 Å². The summed E-state index contributed by atoms with van der Waals surface area (Å²) in [4.78, 5) is 15.2. The number of benzene rings is 1. The van der Waals surface area contributed by atoms with Gasteiger partial charge in [-0.25, -0.2) is 4.79 Å². The molecule has 0 aliphatic rings. The van der Waals surface area contributed by atoms with Crippen LogP contribution >= 0.6 is 0 Å². The van der Waals surface area contributed by atoms with Crippen molar-refractivity contribution in [3.05, 3.63) is 35.9 Å². The van der Waals surface area contributed by atoms with Gasteiger partial charge >= 0.3 is 5.97 Å². The zero-order chi connectivity index (χ0) is 16.5. The first kappa shape index (κ1) is 17.7. The third-order valence-electron chi connectivity index (χ3n) is 3.12. The van der Waals surface area contributed by atoms with Crippen LogP contribution in [-0.2, 0) is 11.2 Å². The van der Waals surface area contributed by atoms with E-state index in [1.54, 1.807) is 18.2 Å². The summed E-state index contributed by atoms with van der Waals surface area (Å²) < 4.78 is 5.11. The van der Waals surface area contributed by atoms with Crippen LogP contribution in [0.2, 0.25) is 0 Å². The molecule has 22 heavy (non-hydrogen) atoms. The Morgan fingerprint density at radius 2 is 2.27 bits per heavy atom. The number of allylic oxidation sites excluding steroid dienone is 1. The third kappa shape index (κ3) is 4.89. The highest BCUT2D eigenvalue weighted by Gasteiger charge is 2.15. The van der Waals surface area contributed by atoms with Crippen LogP contribution in [0.15, 0.2) is 29.8 Å². The first-order valence-electron chi connectivity index (χ1n) is 7.00. The molecule has 0 aliphatic carbocycles. The summed E-state index contributed by atoms with van der Waals surface area (Å²) in [5.74, 6) is -0.768.